The van der Waals surface area contributed by atoms with Crippen LogP contribution in [0, 0.1) is 0 Å². The Bertz CT molecular complexity index is 591. The van der Waals surface area contributed by atoms with Gasteiger partial charge in [0.1, 0.15) is 0 Å². The molecule has 5 nitrogen and oxygen atoms in total. The van der Waals surface area contributed by atoms with Gasteiger partial charge in [0.25, 0.3) is 5.56 Å². The van der Waals surface area contributed by atoms with E-state index >= 15 is 0 Å². The van der Waals surface area contributed by atoms with Gasteiger partial charge in [-0.15, -0.1) is 0 Å². The average molecular weight is 256 g/mol. The van der Waals surface area contributed by atoms with E-state index in [-0.39, 0.29) is 23.1 Å². The number of rotatable bonds is 1. The number of H-pyrrole nitrogens is 1. The molecule has 94 valence electrons. The van der Waals surface area contributed by atoms with Crippen LogP contribution in [0.1, 0.15) is 49.4 Å². The second kappa shape index (κ2) is 3.73. The summed E-state index contributed by atoms with van der Waals surface area (Å²) in [4.78, 5) is 11.7. The van der Waals surface area contributed by atoms with Crippen molar-refractivity contribution in [1.29, 1.82) is 0 Å². The van der Waals surface area contributed by atoms with Gasteiger partial charge in [0.2, 0.25) is 0 Å². The molecule has 1 aliphatic carbocycles. The molecule has 0 atom stereocenters. The van der Waals surface area contributed by atoms with Crippen LogP contribution in [0.4, 0.5) is 0 Å². The maximum Gasteiger partial charge on any atom is 0.268 e. The van der Waals surface area contributed by atoms with Crippen LogP contribution in [0.3, 0.4) is 0 Å². The number of sulfone groups is 1. The number of hydrogen-bond acceptors (Lipinski definition) is 3. The first-order valence-electron chi connectivity index (χ1n) is 6.09. The van der Waals surface area contributed by atoms with Gasteiger partial charge in [-0.1, -0.05) is 19.3 Å². The zero-order valence-corrected chi connectivity index (χ0v) is 10.4. The quantitative estimate of drug-likeness (QED) is 0.818. The molecule has 0 amide bonds. The molecule has 2 heterocycles. The molecule has 17 heavy (non-hydrogen) atoms. The van der Waals surface area contributed by atoms with Crippen LogP contribution in [0.5, 0.6) is 0 Å². The Morgan fingerprint density at radius 3 is 2.53 bits per heavy atom. The highest BCUT2D eigenvalue weighted by Crippen LogP contribution is 2.31. The standard InChI is InChI=1S/C11H16N2O3S/c14-11-9-6-17(15,16)7-10(9)13(12-11)8-4-2-1-3-5-8/h8H,1-7H2,(H,12,14). The van der Waals surface area contributed by atoms with E-state index < -0.39 is 9.84 Å². The molecule has 0 bridgehead atoms. The van der Waals surface area contributed by atoms with E-state index in [9.17, 15) is 13.2 Å². The second-order valence-electron chi connectivity index (χ2n) is 5.06. The highest BCUT2D eigenvalue weighted by Gasteiger charge is 2.33. The third kappa shape index (κ3) is 1.84. The molecule has 1 aliphatic heterocycles. The molecule has 1 N–H and O–H groups in total. The lowest BCUT2D eigenvalue weighted by atomic mass is 9.95. The van der Waals surface area contributed by atoms with Gasteiger partial charge in [-0.05, 0) is 12.8 Å². The summed E-state index contributed by atoms with van der Waals surface area (Å²) in [6, 6.07) is 0.286. The van der Waals surface area contributed by atoms with Gasteiger partial charge in [-0.3, -0.25) is 14.6 Å². The van der Waals surface area contributed by atoms with Crippen LogP contribution in [0.15, 0.2) is 4.79 Å². The fourth-order valence-electron chi connectivity index (χ4n) is 2.96. The van der Waals surface area contributed by atoms with Crippen molar-refractivity contribution in [3.05, 3.63) is 21.6 Å². The van der Waals surface area contributed by atoms with E-state index in [2.05, 4.69) is 5.10 Å². The minimum absolute atomic E-state index is 0.0254. The number of nitrogens with zero attached hydrogens (tertiary/aromatic N) is 1. The molecule has 0 spiro atoms. The lowest BCUT2D eigenvalue weighted by Crippen LogP contribution is -2.19. The molecule has 1 fully saturated rings. The van der Waals surface area contributed by atoms with Crippen molar-refractivity contribution in [2.75, 3.05) is 0 Å². The smallest absolute Gasteiger partial charge is 0.268 e. The Kier molecular flexibility index (Phi) is 2.43. The Morgan fingerprint density at radius 2 is 1.82 bits per heavy atom. The van der Waals surface area contributed by atoms with Crippen molar-refractivity contribution in [2.45, 2.75) is 49.7 Å². The van der Waals surface area contributed by atoms with Crippen LogP contribution in [0.25, 0.3) is 0 Å². The first-order chi connectivity index (χ1) is 8.07. The first-order valence-corrected chi connectivity index (χ1v) is 7.92. The molecule has 0 radical (unpaired) electrons. The molecular formula is C11H16N2O3S. The zero-order valence-electron chi connectivity index (χ0n) is 9.61. The normalized spacial score (nSPS) is 23.8. The number of aromatic nitrogens is 2. The van der Waals surface area contributed by atoms with Gasteiger partial charge in [0.15, 0.2) is 9.84 Å². The summed E-state index contributed by atoms with van der Waals surface area (Å²) in [5, 5.41) is 2.82. The number of fused-ring (bicyclic) bond motifs is 1. The summed E-state index contributed by atoms with van der Waals surface area (Å²) < 4.78 is 25.0. The van der Waals surface area contributed by atoms with Crippen LogP contribution in [-0.2, 0) is 21.3 Å². The Hall–Kier alpha value is -1.04. The fraction of sp³-hybridized carbons (Fsp3) is 0.727. The van der Waals surface area contributed by atoms with Crippen molar-refractivity contribution in [3.63, 3.8) is 0 Å². The van der Waals surface area contributed by atoms with Crippen molar-refractivity contribution in [1.82, 2.24) is 9.78 Å². The van der Waals surface area contributed by atoms with Crippen LogP contribution >= 0.6 is 0 Å². The minimum atomic E-state index is -3.09. The van der Waals surface area contributed by atoms with E-state index in [1.54, 1.807) is 0 Å². The molecule has 6 heteroatoms. The van der Waals surface area contributed by atoms with Crippen molar-refractivity contribution >= 4 is 9.84 Å². The molecule has 1 aromatic rings. The predicted molar refractivity (Wildman–Crippen MR) is 63.5 cm³/mol. The van der Waals surface area contributed by atoms with Gasteiger partial charge in [0, 0.05) is 0 Å². The second-order valence-corrected chi connectivity index (χ2v) is 7.12. The lowest BCUT2D eigenvalue weighted by molar-refractivity contribution is 0.323. The van der Waals surface area contributed by atoms with Crippen molar-refractivity contribution in [3.8, 4) is 0 Å². The zero-order chi connectivity index (χ0) is 12.0. The minimum Gasteiger partial charge on any atom is -0.285 e. The molecular weight excluding hydrogens is 240 g/mol. The van der Waals surface area contributed by atoms with Crippen LogP contribution in [0.2, 0.25) is 0 Å². The largest absolute Gasteiger partial charge is 0.285 e. The highest BCUT2D eigenvalue weighted by molar-refractivity contribution is 7.90. The summed E-state index contributed by atoms with van der Waals surface area (Å²) in [5.74, 6) is -0.0606. The molecule has 0 unspecified atom stereocenters. The molecule has 1 saturated carbocycles. The van der Waals surface area contributed by atoms with Gasteiger partial charge >= 0.3 is 0 Å². The Morgan fingerprint density at radius 1 is 1.12 bits per heavy atom. The summed E-state index contributed by atoms with van der Waals surface area (Å²) in [7, 11) is -3.09. The van der Waals surface area contributed by atoms with Crippen LogP contribution < -0.4 is 5.56 Å². The first kappa shape index (κ1) is 11.1. The maximum absolute atomic E-state index is 11.7. The highest BCUT2D eigenvalue weighted by atomic mass is 32.2. The molecule has 0 aromatic carbocycles. The van der Waals surface area contributed by atoms with Gasteiger partial charge in [-0.25, -0.2) is 8.42 Å². The maximum atomic E-state index is 11.7. The van der Waals surface area contributed by atoms with E-state index in [0.29, 0.717) is 11.3 Å². The Labute approximate surface area is 99.7 Å². The predicted octanol–water partition coefficient (Wildman–Crippen LogP) is 1.11. The van der Waals surface area contributed by atoms with E-state index in [4.69, 9.17) is 0 Å². The van der Waals surface area contributed by atoms with Gasteiger partial charge in [-0.2, -0.15) is 0 Å². The number of nitrogens with one attached hydrogen (secondary N) is 1. The summed E-state index contributed by atoms with van der Waals surface area (Å²) in [6.07, 6.45) is 5.63. The third-order valence-electron chi connectivity index (χ3n) is 3.80. The van der Waals surface area contributed by atoms with Gasteiger partial charge < -0.3 is 0 Å². The molecule has 1 aromatic heterocycles. The van der Waals surface area contributed by atoms with Crippen LogP contribution in [-0.4, -0.2) is 18.2 Å². The topological polar surface area (TPSA) is 71.9 Å². The summed E-state index contributed by atoms with van der Waals surface area (Å²) in [5.41, 5.74) is 0.962. The molecule has 2 aliphatic rings. The summed E-state index contributed by atoms with van der Waals surface area (Å²) in [6.45, 7) is 0. The average Bonchev–Trinajstić information content (AvgIpc) is 2.76. The summed E-state index contributed by atoms with van der Waals surface area (Å²) >= 11 is 0. The lowest BCUT2D eigenvalue weighted by Gasteiger charge is -2.24. The van der Waals surface area contributed by atoms with E-state index in [1.807, 2.05) is 4.68 Å². The van der Waals surface area contributed by atoms with Gasteiger partial charge in [0.05, 0.1) is 28.8 Å². The van der Waals surface area contributed by atoms with E-state index in [1.165, 1.54) is 6.42 Å². The van der Waals surface area contributed by atoms with Crippen molar-refractivity contribution < 1.29 is 8.42 Å². The number of hydrogen-bond donors (Lipinski definition) is 1. The number of aromatic amines is 1. The van der Waals surface area contributed by atoms with Crippen molar-refractivity contribution in [2.24, 2.45) is 0 Å². The molecule has 3 rings (SSSR count). The monoisotopic (exact) mass is 256 g/mol. The third-order valence-corrected chi connectivity index (χ3v) is 5.24. The molecule has 0 saturated heterocycles. The fourth-order valence-corrected chi connectivity index (χ4v) is 4.53. The SMILES string of the molecule is O=c1[nH]n(C2CCCCC2)c2c1CS(=O)(=O)C2. The van der Waals surface area contributed by atoms with E-state index in [0.717, 1.165) is 25.7 Å². The Balaban J connectivity index is 2.03.